The molecular weight excluding hydrogens is 202 g/mol. The van der Waals surface area contributed by atoms with Crippen molar-refractivity contribution in [1.29, 1.82) is 0 Å². The minimum absolute atomic E-state index is 0.0932. The molecule has 0 aromatic carbocycles. The van der Waals surface area contributed by atoms with Gasteiger partial charge in [-0.2, -0.15) is 0 Å². The summed E-state index contributed by atoms with van der Waals surface area (Å²) in [4.78, 5) is 4.33. The molecule has 4 heteroatoms. The van der Waals surface area contributed by atoms with Gasteiger partial charge in [0.05, 0.1) is 12.1 Å². The Kier molecular flexibility index (Phi) is 4.80. The lowest BCUT2D eigenvalue weighted by atomic mass is 10.1. The van der Waals surface area contributed by atoms with Crippen LogP contribution in [0.5, 0.6) is 0 Å². The van der Waals surface area contributed by atoms with Crippen LogP contribution in [0, 0.1) is 0 Å². The predicted octanol–water partition coefficient (Wildman–Crippen LogP) is 2.52. The van der Waals surface area contributed by atoms with Gasteiger partial charge in [0, 0.05) is 26.0 Å². The predicted molar refractivity (Wildman–Crippen MR) is 66.7 cm³/mol. The third-order valence-electron chi connectivity index (χ3n) is 2.42. The van der Waals surface area contributed by atoms with Gasteiger partial charge in [-0.25, -0.2) is 4.98 Å². The standard InChI is InChI=1S/C12H23N3O/c1-5-6-8-15-9-7-13-11(15)14-12(2,3)10-16-4/h7,9H,5-6,8,10H2,1-4H3,(H,13,14). The molecule has 1 rings (SSSR count). The van der Waals surface area contributed by atoms with Gasteiger partial charge in [-0.1, -0.05) is 13.3 Å². The van der Waals surface area contributed by atoms with E-state index in [0.29, 0.717) is 6.61 Å². The highest BCUT2D eigenvalue weighted by molar-refractivity contribution is 5.29. The molecule has 0 saturated carbocycles. The molecule has 0 saturated heterocycles. The van der Waals surface area contributed by atoms with Crippen LogP contribution in [0.4, 0.5) is 5.95 Å². The van der Waals surface area contributed by atoms with Crippen molar-refractivity contribution in [1.82, 2.24) is 9.55 Å². The van der Waals surface area contributed by atoms with Gasteiger partial charge in [-0.05, 0) is 20.3 Å². The molecule has 4 nitrogen and oxygen atoms in total. The molecule has 0 amide bonds. The van der Waals surface area contributed by atoms with Crippen LogP contribution in [0.3, 0.4) is 0 Å². The van der Waals surface area contributed by atoms with Crippen LogP contribution in [0.2, 0.25) is 0 Å². The van der Waals surface area contributed by atoms with E-state index < -0.39 is 0 Å². The summed E-state index contributed by atoms with van der Waals surface area (Å²) in [6, 6.07) is 0. The molecule has 0 aliphatic rings. The highest BCUT2D eigenvalue weighted by Gasteiger charge is 2.19. The molecule has 0 atom stereocenters. The Hall–Kier alpha value is -1.03. The summed E-state index contributed by atoms with van der Waals surface area (Å²) in [7, 11) is 1.72. The molecule has 1 aromatic heterocycles. The Bertz CT molecular complexity index is 307. The van der Waals surface area contributed by atoms with E-state index in [9.17, 15) is 0 Å². The van der Waals surface area contributed by atoms with Crippen molar-refractivity contribution in [2.75, 3.05) is 19.0 Å². The molecule has 1 heterocycles. The van der Waals surface area contributed by atoms with E-state index in [2.05, 4.69) is 35.6 Å². The topological polar surface area (TPSA) is 39.1 Å². The van der Waals surface area contributed by atoms with Gasteiger partial charge in [0.2, 0.25) is 5.95 Å². The molecule has 1 aromatic rings. The first kappa shape index (κ1) is 13.0. The lowest BCUT2D eigenvalue weighted by Crippen LogP contribution is -2.37. The van der Waals surface area contributed by atoms with Crippen molar-refractivity contribution in [3.63, 3.8) is 0 Å². The summed E-state index contributed by atoms with van der Waals surface area (Å²) >= 11 is 0. The van der Waals surface area contributed by atoms with E-state index in [-0.39, 0.29) is 5.54 Å². The quantitative estimate of drug-likeness (QED) is 0.775. The lowest BCUT2D eigenvalue weighted by Gasteiger charge is -2.26. The Morgan fingerprint density at radius 1 is 1.50 bits per heavy atom. The first-order chi connectivity index (χ1) is 7.59. The smallest absolute Gasteiger partial charge is 0.203 e. The molecular formula is C12H23N3O. The van der Waals surface area contributed by atoms with Crippen LogP contribution in [-0.4, -0.2) is 28.8 Å². The molecule has 0 unspecified atom stereocenters. The summed E-state index contributed by atoms with van der Waals surface area (Å²) in [6.07, 6.45) is 6.22. The Balaban J connectivity index is 2.62. The number of unbranched alkanes of at least 4 members (excludes halogenated alkanes) is 1. The Morgan fingerprint density at radius 2 is 2.25 bits per heavy atom. The average Bonchev–Trinajstić information content (AvgIpc) is 2.61. The minimum Gasteiger partial charge on any atom is -0.382 e. The molecule has 0 aliphatic heterocycles. The third-order valence-corrected chi connectivity index (χ3v) is 2.42. The number of methoxy groups -OCH3 is 1. The first-order valence-electron chi connectivity index (χ1n) is 5.87. The van der Waals surface area contributed by atoms with Crippen LogP contribution in [0.15, 0.2) is 12.4 Å². The van der Waals surface area contributed by atoms with E-state index >= 15 is 0 Å². The third kappa shape index (κ3) is 3.85. The fraction of sp³-hybridized carbons (Fsp3) is 0.750. The van der Waals surface area contributed by atoms with Crippen LogP contribution in [0.25, 0.3) is 0 Å². The second-order valence-corrected chi connectivity index (χ2v) is 4.74. The van der Waals surface area contributed by atoms with Crippen molar-refractivity contribution in [2.24, 2.45) is 0 Å². The lowest BCUT2D eigenvalue weighted by molar-refractivity contribution is 0.157. The van der Waals surface area contributed by atoms with E-state index in [0.717, 1.165) is 12.5 Å². The number of rotatable bonds is 7. The molecule has 1 N–H and O–H groups in total. The first-order valence-corrected chi connectivity index (χ1v) is 5.87. The zero-order chi connectivity index (χ0) is 12.0. The molecule has 0 fully saturated rings. The summed E-state index contributed by atoms with van der Waals surface area (Å²) < 4.78 is 7.33. The van der Waals surface area contributed by atoms with Crippen molar-refractivity contribution in [2.45, 2.75) is 45.7 Å². The van der Waals surface area contributed by atoms with Gasteiger partial charge >= 0.3 is 0 Å². The molecule has 0 spiro atoms. The van der Waals surface area contributed by atoms with Gasteiger partial charge < -0.3 is 14.6 Å². The summed E-state index contributed by atoms with van der Waals surface area (Å²) in [5, 5.41) is 3.40. The van der Waals surface area contributed by atoms with E-state index in [1.807, 2.05) is 12.4 Å². The Labute approximate surface area is 98.0 Å². The monoisotopic (exact) mass is 225 g/mol. The van der Waals surface area contributed by atoms with E-state index in [1.54, 1.807) is 7.11 Å². The maximum absolute atomic E-state index is 5.18. The van der Waals surface area contributed by atoms with Crippen LogP contribution in [0.1, 0.15) is 33.6 Å². The highest BCUT2D eigenvalue weighted by Crippen LogP contribution is 2.14. The molecule has 16 heavy (non-hydrogen) atoms. The summed E-state index contributed by atoms with van der Waals surface area (Å²) in [5.41, 5.74) is -0.0932. The van der Waals surface area contributed by atoms with Crippen LogP contribution >= 0.6 is 0 Å². The van der Waals surface area contributed by atoms with Gasteiger partial charge in [-0.3, -0.25) is 0 Å². The number of hydrogen-bond donors (Lipinski definition) is 1. The SMILES string of the molecule is CCCCn1ccnc1NC(C)(C)COC. The van der Waals surface area contributed by atoms with Gasteiger partial charge in [0.15, 0.2) is 0 Å². The van der Waals surface area contributed by atoms with Crippen LogP contribution < -0.4 is 5.32 Å². The second kappa shape index (κ2) is 5.89. The number of ether oxygens (including phenoxy) is 1. The van der Waals surface area contributed by atoms with Crippen molar-refractivity contribution >= 4 is 5.95 Å². The maximum atomic E-state index is 5.18. The number of hydrogen-bond acceptors (Lipinski definition) is 3. The molecule has 0 radical (unpaired) electrons. The van der Waals surface area contributed by atoms with E-state index in [1.165, 1.54) is 12.8 Å². The van der Waals surface area contributed by atoms with Crippen molar-refractivity contribution < 1.29 is 4.74 Å². The van der Waals surface area contributed by atoms with Crippen molar-refractivity contribution in [3.05, 3.63) is 12.4 Å². The zero-order valence-electron chi connectivity index (χ0n) is 10.8. The Morgan fingerprint density at radius 3 is 2.88 bits per heavy atom. The minimum atomic E-state index is -0.0932. The average molecular weight is 225 g/mol. The maximum Gasteiger partial charge on any atom is 0.203 e. The van der Waals surface area contributed by atoms with Gasteiger partial charge in [0.25, 0.3) is 0 Å². The van der Waals surface area contributed by atoms with E-state index in [4.69, 9.17) is 4.74 Å². The normalized spacial score (nSPS) is 11.8. The summed E-state index contributed by atoms with van der Waals surface area (Å²) in [5.74, 6) is 0.926. The number of nitrogens with zero attached hydrogens (tertiary/aromatic N) is 2. The number of nitrogens with one attached hydrogen (secondary N) is 1. The number of aryl methyl sites for hydroxylation is 1. The largest absolute Gasteiger partial charge is 0.382 e. The number of aromatic nitrogens is 2. The molecule has 0 aliphatic carbocycles. The van der Waals surface area contributed by atoms with Crippen LogP contribution in [-0.2, 0) is 11.3 Å². The van der Waals surface area contributed by atoms with Gasteiger partial charge in [0.1, 0.15) is 0 Å². The summed E-state index contributed by atoms with van der Waals surface area (Å²) in [6.45, 7) is 8.08. The molecule has 0 bridgehead atoms. The number of anilines is 1. The fourth-order valence-electron chi connectivity index (χ4n) is 1.64. The molecule has 92 valence electrons. The van der Waals surface area contributed by atoms with Crippen molar-refractivity contribution in [3.8, 4) is 0 Å². The fourth-order valence-corrected chi connectivity index (χ4v) is 1.64. The second-order valence-electron chi connectivity index (χ2n) is 4.74. The highest BCUT2D eigenvalue weighted by atomic mass is 16.5. The zero-order valence-corrected chi connectivity index (χ0v) is 10.8. The van der Waals surface area contributed by atoms with Gasteiger partial charge in [-0.15, -0.1) is 0 Å². The number of imidazole rings is 1.